The van der Waals surface area contributed by atoms with Crippen LogP contribution in [0.15, 0.2) is 16.7 Å². The molecule has 0 aromatic carbocycles. The summed E-state index contributed by atoms with van der Waals surface area (Å²) < 4.78 is 36.3. The summed E-state index contributed by atoms with van der Waals surface area (Å²) in [6, 6.07) is 2.35. The van der Waals surface area contributed by atoms with Gasteiger partial charge in [0.1, 0.15) is 17.6 Å². The maximum Gasteiger partial charge on any atom is 0.320 e. The van der Waals surface area contributed by atoms with Crippen LogP contribution in [0.1, 0.15) is 42.5 Å². The maximum atomic E-state index is 12.4. The van der Waals surface area contributed by atoms with Crippen LogP contribution < -0.4 is 10.6 Å². The van der Waals surface area contributed by atoms with Crippen molar-refractivity contribution in [1.82, 2.24) is 20.3 Å². The highest BCUT2D eigenvalue weighted by molar-refractivity contribution is 5.88. The highest BCUT2D eigenvalue weighted by atomic mass is 19.3. The molecule has 8 nitrogen and oxygen atoms in total. The summed E-state index contributed by atoms with van der Waals surface area (Å²) in [4.78, 5) is 11.9. The van der Waals surface area contributed by atoms with Crippen molar-refractivity contribution < 1.29 is 22.8 Å². The number of nitrogens with one attached hydrogen (secondary N) is 2. The molecule has 24 heavy (non-hydrogen) atoms. The highest BCUT2D eigenvalue weighted by Crippen LogP contribution is 2.28. The van der Waals surface area contributed by atoms with Gasteiger partial charge in [0, 0.05) is 25.8 Å². The number of amides is 2. The van der Waals surface area contributed by atoms with Crippen LogP contribution in [0, 0.1) is 0 Å². The molecule has 2 aromatic heterocycles. The predicted octanol–water partition coefficient (Wildman–Crippen LogP) is 2.52. The van der Waals surface area contributed by atoms with Crippen LogP contribution in [0.25, 0.3) is 0 Å². The molecule has 2 aromatic rings. The van der Waals surface area contributed by atoms with Crippen LogP contribution in [-0.4, -0.2) is 27.6 Å². The number of carbonyl (C=O) groups excluding carboxylic acids is 1. The minimum Gasteiger partial charge on any atom is -0.372 e. The lowest BCUT2D eigenvalue weighted by atomic mass is 10.2. The van der Waals surface area contributed by atoms with Crippen molar-refractivity contribution in [3.05, 3.63) is 29.3 Å². The molecule has 1 aliphatic rings. The Balaban J connectivity index is 1.54. The van der Waals surface area contributed by atoms with Gasteiger partial charge in [-0.25, -0.2) is 13.6 Å². The number of halogens is 2. The molecule has 2 amide bonds. The van der Waals surface area contributed by atoms with Gasteiger partial charge in [0.2, 0.25) is 5.76 Å². The van der Waals surface area contributed by atoms with E-state index < -0.39 is 18.2 Å². The molecule has 3 rings (SSSR count). The van der Waals surface area contributed by atoms with Crippen molar-refractivity contribution in [2.24, 2.45) is 7.05 Å². The topological polar surface area (TPSA) is 94.2 Å². The molecule has 1 saturated heterocycles. The Labute approximate surface area is 136 Å². The fourth-order valence-electron chi connectivity index (χ4n) is 2.42. The van der Waals surface area contributed by atoms with Crippen LogP contribution in [0.5, 0.6) is 0 Å². The summed E-state index contributed by atoms with van der Waals surface area (Å²) in [5.74, 6) is -0.0218. The van der Waals surface area contributed by atoms with E-state index in [9.17, 15) is 13.6 Å². The molecule has 10 heteroatoms. The zero-order valence-electron chi connectivity index (χ0n) is 13.0. The predicted molar refractivity (Wildman–Crippen MR) is 78.5 cm³/mol. The van der Waals surface area contributed by atoms with Crippen molar-refractivity contribution in [1.29, 1.82) is 0 Å². The second-order valence-corrected chi connectivity index (χ2v) is 5.41. The number of aryl methyl sites for hydroxylation is 1. The fraction of sp³-hybridized carbons (Fsp3) is 0.500. The van der Waals surface area contributed by atoms with Crippen molar-refractivity contribution in [2.45, 2.75) is 31.9 Å². The monoisotopic (exact) mass is 341 g/mol. The van der Waals surface area contributed by atoms with E-state index in [2.05, 4.69) is 25.4 Å². The van der Waals surface area contributed by atoms with E-state index in [1.165, 1.54) is 0 Å². The summed E-state index contributed by atoms with van der Waals surface area (Å²) in [6.07, 6.45) is -0.882. The molecule has 0 radical (unpaired) electrons. The first-order valence-corrected chi connectivity index (χ1v) is 7.47. The van der Waals surface area contributed by atoms with Gasteiger partial charge in [0.25, 0.3) is 6.43 Å². The molecule has 130 valence electrons. The molecule has 0 bridgehead atoms. The lowest BCUT2D eigenvalue weighted by Gasteiger charge is -2.05. The number of urea groups is 1. The van der Waals surface area contributed by atoms with Gasteiger partial charge < -0.3 is 14.6 Å². The molecular weight excluding hydrogens is 324 g/mol. The average molecular weight is 341 g/mol. The first kappa shape index (κ1) is 16.4. The van der Waals surface area contributed by atoms with Crippen LogP contribution >= 0.6 is 0 Å². The number of ether oxygens (including phenoxy) is 1. The highest BCUT2D eigenvalue weighted by Gasteiger charge is 2.22. The lowest BCUT2D eigenvalue weighted by molar-refractivity contribution is 0.108. The molecule has 3 heterocycles. The summed E-state index contributed by atoms with van der Waals surface area (Å²) >= 11 is 0. The number of hydrogen-bond acceptors (Lipinski definition) is 5. The fourth-order valence-corrected chi connectivity index (χ4v) is 2.42. The van der Waals surface area contributed by atoms with Gasteiger partial charge in [0.05, 0.1) is 12.2 Å². The van der Waals surface area contributed by atoms with Crippen molar-refractivity contribution in [3.8, 4) is 0 Å². The van der Waals surface area contributed by atoms with Crippen molar-refractivity contribution >= 4 is 11.8 Å². The SMILES string of the molecule is Cn1nc(C2CCCO2)cc1NC(=O)NCc1cc(C(F)F)on1. The van der Waals surface area contributed by atoms with Gasteiger partial charge in [-0.05, 0) is 12.8 Å². The Morgan fingerprint density at radius 2 is 2.33 bits per heavy atom. The number of hydrogen-bond donors (Lipinski definition) is 2. The van der Waals surface area contributed by atoms with Crippen molar-refractivity contribution in [3.63, 3.8) is 0 Å². The third-order valence-corrected chi connectivity index (χ3v) is 3.62. The molecule has 0 saturated carbocycles. The Hall–Kier alpha value is -2.49. The van der Waals surface area contributed by atoms with E-state index in [0.29, 0.717) is 12.4 Å². The molecule has 0 aliphatic carbocycles. The van der Waals surface area contributed by atoms with Crippen molar-refractivity contribution in [2.75, 3.05) is 11.9 Å². The summed E-state index contributed by atoms with van der Waals surface area (Å²) in [7, 11) is 1.71. The van der Waals surface area contributed by atoms with Crippen LogP contribution in [0.2, 0.25) is 0 Å². The first-order chi connectivity index (χ1) is 11.5. The minimum atomic E-state index is -2.73. The summed E-state index contributed by atoms with van der Waals surface area (Å²) in [5, 5.41) is 12.9. The number of anilines is 1. The van der Waals surface area contributed by atoms with Gasteiger partial charge in [-0.3, -0.25) is 10.00 Å². The van der Waals surface area contributed by atoms with E-state index in [4.69, 9.17) is 4.74 Å². The van der Waals surface area contributed by atoms with Gasteiger partial charge in [-0.1, -0.05) is 5.16 Å². The second kappa shape index (κ2) is 6.95. The normalized spacial score (nSPS) is 17.4. The Bertz CT molecular complexity index is 709. The van der Waals surface area contributed by atoms with E-state index in [1.54, 1.807) is 17.8 Å². The maximum absolute atomic E-state index is 12.4. The van der Waals surface area contributed by atoms with Gasteiger partial charge in [0.15, 0.2) is 0 Å². The first-order valence-electron chi connectivity index (χ1n) is 7.47. The number of carbonyl (C=O) groups is 1. The molecular formula is C14H17F2N5O3. The average Bonchev–Trinajstić information content (AvgIpc) is 3.26. The summed E-state index contributed by atoms with van der Waals surface area (Å²) in [6.45, 7) is 0.682. The number of rotatable bonds is 5. The third-order valence-electron chi connectivity index (χ3n) is 3.62. The zero-order valence-corrected chi connectivity index (χ0v) is 13.0. The van der Waals surface area contributed by atoms with Gasteiger partial charge >= 0.3 is 6.03 Å². The molecule has 1 atom stereocenters. The van der Waals surface area contributed by atoms with E-state index in [0.717, 1.165) is 24.6 Å². The van der Waals surface area contributed by atoms with E-state index >= 15 is 0 Å². The zero-order chi connectivity index (χ0) is 17.1. The van der Waals surface area contributed by atoms with Gasteiger partial charge in [-0.2, -0.15) is 5.10 Å². The quantitative estimate of drug-likeness (QED) is 0.871. The number of aromatic nitrogens is 3. The van der Waals surface area contributed by atoms with Crippen LogP contribution in [-0.2, 0) is 18.3 Å². The largest absolute Gasteiger partial charge is 0.372 e. The third kappa shape index (κ3) is 3.70. The molecule has 2 N–H and O–H groups in total. The Morgan fingerprint density at radius 1 is 1.50 bits per heavy atom. The molecule has 0 spiro atoms. The lowest BCUT2D eigenvalue weighted by Crippen LogP contribution is -2.29. The molecule has 1 unspecified atom stereocenters. The Morgan fingerprint density at radius 3 is 3.00 bits per heavy atom. The number of alkyl halides is 2. The summed E-state index contributed by atoms with van der Waals surface area (Å²) in [5.41, 5.74) is 0.980. The standard InChI is InChI=1S/C14H17F2N5O3/c1-21-12(6-9(19-21)10-3-2-4-23-10)18-14(22)17-7-8-5-11(13(15)16)24-20-8/h5-6,10,13H,2-4,7H2,1H3,(H2,17,18,22). The van der Waals surface area contributed by atoms with E-state index in [-0.39, 0.29) is 18.3 Å². The smallest absolute Gasteiger partial charge is 0.320 e. The molecule has 1 fully saturated rings. The van der Waals surface area contributed by atoms with Crippen LogP contribution in [0.4, 0.5) is 19.4 Å². The second-order valence-electron chi connectivity index (χ2n) is 5.41. The minimum absolute atomic E-state index is 0.0293. The molecule has 1 aliphatic heterocycles. The Kier molecular flexibility index (Phi) is 4.74. The van der Waals surface area contributed by atoms with E-state index in [1.807, 2.05) is 0 Å². The van der Waals surface area contributed by atoms with Gasteiger partial charge in [-0.15, -0.1) is 0 Å². The van der Waals surface area contributed by atoms with Crippen LogP contribution in [0.3, 0.4) is 0 Å². The number of nitrogens with zero attached hydrogens (tertiary/aromatic N) is 3.